The Morgan fingerprint density at radius 2 is 1.96 bits per heavy atom. The number of hydrogen-bond acceptors (Lipinski definition) is 7. The predicted molar refractivity (Wildman–Crippen MR) is 91.5 cm³/mol. The van der Waals surface area contributed by atoms with Gasteiger partial charge in [-0.25, -0.2) is 17.8 Å². The molecule has 0 bridgehead atoms. The molecule has 0 amide bonds. The van der Waals surface area contributed by atoms with Gasteiger partial charge in [0.15, 0.2) is 11.0 Å². The molecule has 0 unspecified atom stereocenters. The van der Waals surface area contributed by atoms with Crippen molar-refractivity contribution in [1.29, 1.82) is 0 Å². The van der Waals surface area contributed by atoms with Crippen molar-refractivity contribution in [3.63, 3.8) is 0 Å². The lowest BCUT2D eigenvalue weighted by atomic mass is 10.3. The zero-order valence-corrected chi connectivity index (χ0v) is 15.6. The second-order valence-corrected chi connectivity index (χ2v) is 8.21. The summed E-state index contributed by atoms with van der Waals surface area (Å²) in [5, 5.41) is 1.66. The fraction of sp³-hybridized carbons (Fsp3) is 0.500. The van der Waals surface area contributed by atoms with Gasteiger partial charge in [-0.3, -0.25) is 9.78 Å². The summed E-state index contributed by atoms with van der Waals surface area (Å²) < 4.78 is 42.9. The molecule has 2 rings (SSSR count). The highest BCUT2D eigenvalue weighted by molar-refractivity contribution is 7.90. The first-order valence-electron chi connectivity index (χ1n) is 7.38. The maximum absolute atomic E-state index is 14.2. The van der Waals surface area contributed by atoms with Crippen LogP contribution in [0.4, 0.5) is 4.39 Å². The van der Waals surface area contributed by atoms with E-state index < -0.39 is 37.0 Å². The zero-order chi connectivity index (χ0) is 18.9. The third kappa shape index (κ3) is 4.44. The Kier molecular flexibility index (Phi) is 5.65. The first-order chi connectivity index (χ1) is 11.5. The molecule has 1 atom stereocenters. The van der Waals surface area contributed by atoms with Crippen molar-refractivity contribution in [2.24, 2.45) is 0 Å². The minimum absolute atomic E-state index is 0.0805. The number of pyridine rings is 1. The average molecular weight is 393 g/mol. The van der Waals surface area contributed by atoms with E-state index in [4.69, 9.17) is 16.3 Å². The molecule has 25 heavy (non-hydrogen) atoms. The first kappa shape index (κ1) is 19.5. The molecule has 0 spiro atoms. The molecule has 0 saturated carbocycles. The van der Waals surface area contributed by atoms with E-state index in [1.54, 1.807) is 0 Å². The Morgan fingerprint density at radius 1 is 1.32 bits per heavy atom. The van der Waals surface area contributed by atoms with Gasteiger partial charge < -0.3 is 10.1 Å². The molecule has 11 heteroatoms. The van der Waals surface area contributed by atoms with E-state index in [0.717, 1.165) is 6.26 Å². The number of nitrogens with zero attached hydrogens (tertiary/aromatic N) is 2. The van der Waals surface area contributed by atoms with Crippen LogP contribution in [0.2, 0.25) is 5.15 Å². The van der Waals surface area contributed by atoms with Crippen LogP contribution in [0.15, 0.2) is 9.95 Å². The van der Waals surface area contributed by atoms with E-state index in [1.165, 1.54) is 0 Å². The third-order valence-corrected chi connectivity index (χ3v) is 4.29. The molecule has 0 fully saturated rings. The van der Waals surface area contributed by atoms with Crippen LogP contribution < -0.4 is 15.6 Å². The minimum Gasteiger partial charge on any atom is -0.475 e. The molecule has 8 nitrogen and oxygen atoms in total. The number of hydrogen-bond donors (Lipinski definition) is 2. The van der Waals surface area contributed by atoms with Gasteiger partial charge in [0, 0.05) is 18.3 Å². The lowest BCUT2D eigenvalue weighted by Gasteiger charge is -2.17. The quantitative estimate of drug-likeness (QED) is 0.562. The summed E-state index contributed by atoms with van der Waals surface area (Å²) in [6, 6.07) is 0.130. The van der Waals surface area contributed by atoms with E-state index >= 15 is 0 Å². The van der Waals surface area contributed by atoms with Crippen molar-refractivity contribution in [2.75, 3.05) is 12.9 Å². The van der Waals surface area contributed by atoms with Gasteiger partial charge in [-0.05, 0) is 6.92 Å². The van der Waals surface area contributed by atoms with E-state index in [2.05, 4.69) is 20.3 Å². The summed E-state index contributed by atoms with van der Waals surface area (Å²) in [5.74, 6) is -1.30. The Bertz CT molecular complexity index is 961. The molecule has 138 valence electrons. The fourth-order valence-corrected chi connectivity index (χ4v) is 2.90. The van der Waals surface area contributed by atoms with Crippen molar-refractivity contribution >= 4 is 32.3 Å². The maximum Gasteiger partial charge on any atom is 0.265 e. The summed E-state index contributed by atoms with van der Waals surface area (Å²) in [7, 11) is -3.85. The van der Waals surface area contributed by atoms with Gasteiger partial charge in [0.05, 0.1) is 0 Å². The molecule has 0 aromatic carbocycles. The fourth-order valence-electron chi connectivity index (χ4n) is 2.20. The largest absolute Gasteiger partial charge is 0.475 e. The lowest BCUT2D eigenvalue weighted by molar-refractivity contribution is 0.259. The second kappa shape index (κ2) is 7.22. The van der Waals surface area contributed by atoms with E-state index in [9.17, 15) is 17.6 Å². The van der Waals surface area contributed by atoms with Gasteiger partial charge in [0.2, 0.25) is 20.9 Å². The summed E-state index contributed by atoms with van der Waals surface area (Å²) in [4.78, 5) is 21.7. The van der Waals surface area contributed by atoms with Gasteiger partial charge in [-0.15, -0.1) is 0 Å². The highest BCUT2D eigenvalue weighted by Crippen LogP contribution is 2.27. The van der Waals surface area contributed by atoms with E-state index in [-0.39, 0.29) is 30.0 Å². The molecule has 0 aliphatic rings. The number of rotatable bonds is 6. The van der Waals surface area contributed by atoms with Crippen molar-refractivity contribution in [1.82, 2.24) is 20.3 Å². The molecule has 2 aromatic rings. The Morgan fingerprint density at radius 3 is 2.52 bits per heavy atom. The monoisotopic (exact) mass is 392 g/mol. The SMILES string of the molecule is CC(C)N[C@@H](C)COc1nc(Cl)c(F)c2nc(S(C)(=O)=O)[nH]c(=O)c12. The minimum atomic E-state index is -3.85. The highest BCUT2D eigenvalue weighted by Gasteiger charge is 2.22. The normalized spacial score (nSPS) is 13.4. The lowest BCUT2D eigenvalue weighted by Crippen LogP contribution is -2.36. The topological polar surface area (TPSA) is 114 Å². The van der Waals surface area contributed by atoms with Crippen molar-refractivity contribution in [2.45, 2.75) is 38.0 Å². The van der Waals surface area contributed by atoms with Crippen LogP contribution in [0.5, 0.6) is 5.88 Å². The number of aromatic amines is 1. The maximum atomic E-state index is 14.2. The molecule has 2 N–H and O–H groups in total. The second-order valence-electron chi connectivity index (χ2n) is 5.92. The van der Waals surface area contributed by atoms with Crippen LogP contribution in [0.1, 0.15) is 20.8 Å². The van der Waals surface area contributed by atoms with Crippen LogP contribution in [0.3, 0.4) is 0 Å². The Labute approximate surface area is 148 Å². The summed E-state index contributed by atoms with van der Waals surface area (Å²) in [6.07, 6.45) is 0.842. The summed E-state index contributed by atoms with van der Waals surface area (Å²) >= 11 is 5.73. The highest BCUT2D eigenvalue weighted by atomic mass is 35.5. The van der Waals surface area contributed by atoms with E-state index in [1.807, 2.05) is 20.8 Å². The Balaban J connectivity index is 2.55. The number of aromatic nitrogens is 3. The molecule has 0 saturated heterocycles. The van der Waals surface area contributed by atoms with Crippen molar-refractivity contribution < 1.29 is 17.5 Å². The Hall–Kier alpha value is -1.78. The van der Waals surface area contributed by atoms with Gasteiger partial charge in [-0.1, -0.05) is 25.4 Å². The molecule has 2 aromatic heterocycles. The van der Waals surface area contributed by atoms with Crippen molar-refractivity contribution in [3.05, 3.63) is 21.3 Å². The van der Waals surface area contributed by atoms with Crippen LogP contribution in [0.25, 0.3) is 10.9 Å². The summed E-state index contributed by atoms with van der Waals surface area (Å²) in [6.45, 7) is 5.91. The van der Waals surface area contributed by atoms with Crippen LogP contribution in [-0.2, 0) is 9.84 Å². The number of nitrogens with one attached hydrogen (secondary N) is 2. The number of ether oxygens (including phenoxy) is 1. The molecule has 2 heterocycles. The first-order valence-corrected chi connectivity index (χ1v) is 9.65. The van der Waals surface area contributed by atoms with E-state index in [0.29, 0.717) is 0 Å². The number of fused-ring (bicyclic) bond motifs is 1. The standard InChI is InChI=1S/C14H18ClFN4O4S/c1-6(2)17-7(3)5-24-13-8-10(9(16)11(15)19-13)18-14(20-12(8)21)25(4,22)23/h6-7,17H,5H2,1-4H3,(H,18,20,21)/t7-/m0/s1. The van der Waals surface area contributed by atoms with Gasteiger partial charge >= 0.3 is 0 Å². The number of H-pyrrole nitrogens is 1. The molecular formula is C14H18ClFN4O4S. The van der Waals surface area contributed by atoms with Gasteiger partial charge in [0.25, 0.3) is 5.56 Å². The number of sulfone groups is 1. The van der Waals surface area contributed by atoms with Crippen molar-refractivity contribution in [3.8, 4) is 5.88 Å². The smallest absolute Gasteiger partial charge is 0.265 e. The summed E-state index contributed by atoms with van der Waals surface area (Å²) in [5.41, 5.74) is -1.39. The molecule has 0 aliphatic heterocycles. The van der Waals surface area contributed by atoms with Crippen LogP contribution in [-0.4, -0.2) is 48.3 Å². The zero-order valence-electron chi connectivity index (χ0n) is 14.1. The van der Waals surface area contributed by atoms with Crippen LogP contribution >= 0.6 is 11.6 Å². The third-order valence-electron chi connectivity index (χ3n) is 3.14. The predicted octanol–water partition coefficient (Wildman–Crippen LogP) is 1.28. The van der Waals surface area contributed by atoms with Gasteiger partial charge in [-0.2, -0.15) is 4.98 Å². The average Bonchev–Trinajstić information content (AvgIpc) is 2.47. The molecule has 0 radical (unpaired) electrons. The molecule has 0 aliphatic carbocycles. The molecular weight excluding hydrogens is 375 g/mol. The van der Waals surface area contributed by atoms with Crippen LogP contribution in [0, 0.1) is 5.82 Å². The van der Waals surface area contributed by atoms with Gasteiger partial charge in [0.1, 0.15) is 17.5 Å². The number of halogens is 2.